The van der Waals surface area contributed by atoms with Gasteiger partial charge in [-0.1, -0.05) is 30.3 Å². The van der Waals surface area contributed by atoms with Gasteiger partial charge in [0.05, 0.1) is 18.8 Å². The van der Waals surface area contributed by atoms with Crippen LogP contribution in [0.15, 0.2) is 49.1 Å². The van der Waals surface area contributed by atoms with E-state index in [9.17, 15) is 4.79 Å². The van der Waals surface area contributed by atoms with E-state index < -0.39 is 0 Å². The number of piperazine rings is 1. The molecule has 1 aromatic heterocycles. The van der Waals surface area contributed by atoms with Crippen LogP contribution in [-0.4, -0.2) is 70.8 Å². The monoisotopic (exact) mass is 368 g/mol. The summed E-state index contributed by atoms with van der Waals surface area (Å²) in [6.07, 6.45) is 5.92. The van der Waals surface area contributed by atoms with Gasteiger partial charge in [-0.15, -0.1) is 0 Å². The molecule has 1 aromatic carbocycles. The Labute approximate surface area is 158 Å². The summed E-state index contributed by atoms with van der Waals surface area (Å²) in [6.45, 7) is 3.98. The molecule has 2 aliphatic heterocycles. The zero-order chi connectivity index (χ0) is 18.5. The summed E-state index contributed by atoms with van der Waals surface area (Å²) in [4.78, 5) is 24.7. The van der Waals surface area contributed by atoms with Crippen molar-refractivity contribution in [3.05, 3.63) is 60.2 Å². The molecule has 7 heteroatoms. The minimum atomic E-state index is -0.248. The van der Waals surface area contributed by atoms with Crippen LogP contribution in [0.5, 0.6) is 0 Å². The largest absolute Gasteiger partial charge is 0.445 e. The van der Waals surface area contributed by atoms with Crippen LogP contribution in [0.25, 0.3) is 0 Å². The number of benzene rings is 1. The number of ether oxygens (including phenoxy) is 2. The molecule has 7 nitrogen and oxygen atoms in total. The van der Waals surface area contributed by atoms with Gasteiger partial charge in [-0.3, -0.25) is 4.90 Å². The highest BCUT2D eigenvalue weighted by molar-refractivity contribution is 5.67. The molecule has 27 heavy (non-hydrogen) atoms. The molecule has 2 fully saturated rings. The minimum Gasteiger partial charge on any atom is -0.445 e. The van der Waals surface area contributed by atoms with Crippen LogP contribution in [0, 0.1) is 0 Å². The number of hydrogen-bond acceptors (Lipinski definition) is 6. The third-order valence-electron chi connectivity index (χ3n) is 5.11. The standard InChI is InChI=1S/C20H24N4O3/c25-20(27-13-16-4-2-1-3-5-16)24-7-6-23-12-19(26-14-18(23)11-24)8-17-9-21-15-22-10-17/h1-5,9-10,15,18-19H,6-8,11-14H2/t18-,19+/m0/s1. The average molecular weight is 368 g/mol. The van der Waals surface area contributed by atoms with Crippen LogP contribution in [0.4, 0.5) is 4.79 Å². The van der Waals surface area contributed by atoms with Crippen molar-refractivity contribution < 1.29 is 14.3 Å². The highest BCUT2D eigenvalue weighted by atomic mass is 16.6. The van der Waals surface area contributed by atoms with Crippen molar-refractivity contribution in [2.45, 2.75) is 25.2 Å². The second-order valence-electron chi connectivity index (χ2n) is 7.04. The summed E-state index contributed by atoms with van der Waals surface area (Å²) in [6, 6.07) is 9.98. The lowest BCUT2D eigenvalue weighted by atomic mass is 10.1. The number of morpholine rings is 1. The van der Waals surface area contributed by atoms with Crippen LogP contribution in [0.3, 0.4) is 0 Å². The minimum absolute atomic E-state index is 0.142. The normalized spacial score (nSPS) is 22.9. The van der Waals surface area contributed by atoms with Crippen LogP contribution in [-0.2, 0) is 22.5 Å². The van der Waals surface area contributed by atoms with Crippen LogP contribution in [0.1, 0.15) is 11.1 Å². The van der Waals surface area contributed by atoms with Crippen LogP contribution in [0.2, 0.25) is 0 Å². The molecular weight excluding hydrogens is 344 g/mol. The maximum absolute atomic E-state index is 12.4. The number of carbonyl (C=O) groups is 1. The van der Waals surface area contributed by atoms with Gasteiger partial charge in [0.1, 0.15) is 12.9 Å². The van der Waals surface area contributed by atoms with Gasteiger partial charge in [0.25, 0.3) is 0 Å². The molecule has 2 saturated heterocycles. The Morgan fingerprint density at radius 2 is 1.93 bits per heavy atom. The Morgan fingerprint density at radius 1 is 1.11 bits per heavy atom. The first-order valence-corrected chi connectivity index (χ1v) is 9.33. The summed E-state index contributed by atoms with van der Waals surface area (Å²) in [5.41, 5.74) is 2.09. The highest BCUT2D eigenvalue weighted by Crippen LogP contribution is 2.20. The summed E-state index contributed by atoms with van der Waals surface area (Å²) >= 11 is 0. The van der Waals surface area contributed by atoms with Crippen molar-refractivity contribution in [2.24, 2.45) is 0 Å². The summed E-state index contributed by atoms with van der Waals surface area (Å²) < 4.78 is 11.5. The number of rotatable bonds is 4. The summed E-state index contributed by atoms with van der Waals surface area (Å²) in [5, 5.41) is 0. The van der Waals surface area contributed by atoms with E-state index in [0.29, 0.717) is 26.3 Å². The van der Waals surface area contributed by atoms with Crippen molar-refractivity contribution in [1.29, 1.82) is 0 Å². The molecule has 0 radical (unpaired) electrons. The number of carbonyl (C=O) groups excluding carboxylic acids is 1. The molecule has 2 atom stereocenters. The molecular formula is C20H24N4O3. The molecule has 0 aliphatic carbocycles. The van der Waals surface area contributed by atoms with E-state index in [-0.39, 0.29) is 18.2 Å². The first kappa shape index (κ1) is 17.9. The zero-order valence-electron chi connectivity index (χ0n) is 15.2. The average Bonchev–Trinajstić information content (AvgIpc) is 2.73. The predicted molar refractivity (Wildman–Crippen MR) is 99.0 cm³/mol. The van der Waals surface area contributed by atoms with Gasteiger partial charge < -0.3 is 14.4 Å². The maximum Gasteiger partial charge on any atom is 0.410 e. The van der Waals surface area contributed by atoms with Crippen LogP contribution >= 0.6 is 0 Å². The Morgan fingerprint density at radius 3 is 2.74 bits per heavy atom. The zero-order valence-corrected chi connectivity index (χ0v) is 15.2. The molecule has 2 aromatic rings. The molecule has 4 rings (SSSR count). The van der Waals surface area contributed by atoms with Crippen molar-refractivity contribution in [3.63, 3.8) is 0 Å². The number of aromatic nitrogens is 2. The smallest absolute Gasteiger partial charge is 0.410 e. The fourth-order valence-electron chi connectivity index (χ4n) is 3.65. The van der Waals surface area contributed by atoms with E-state index in [4.69, 9.17) is 9.47 Å². The fourth-order valence-corrected chi connectivity index (χ4v) is 3.65. The van der Waals surface area contributed by atoms with Gasteiger partial charge in [0, 0.05) is 45.0 Å². The van der Waals surface area contributed by atoms with Crippen molar-refractivity contribution in [1.82, 2.24) is 19.8 Å². The lowest BCUT2D eigenvalue weighted by molar-refractivity contribution is -0.0856. The lowest BCUT2D eigenvalue weighted by Crippen LogP contribution is -2.61. The first-order chi connectivity index (χ1) is 13.3. The lowest BCUT2D eigenvalue weighted by Gasteiger charge is -2.45. The molecule has 0 N–H and O–H groups in total. The van der Waals surface area contributed by atoms with E-state index in [2.05, 4.69) is 14.9 Å². The predicted octanol–water partition coefficient (Wildman–Crippen LogP) is 1.74. The van der Waals surface area contributed by atoms with Gasteiger partial charge in [-0.25, -0.2) is 14.8 Å². The molecule has 0 saturated carbocycles. The van der Waals surface area contributed by atoms with Gasteiger partial charge in [0.15, 0.2) is 0 Å². The fraction of sp³-hybridized carbons (Fsp3) is 0.450. The first-order valence-electron chi connectivity index (χ1n) is 9.33. The van der Waals surface area contributed by atoms with E-state index in [1.807, 2.05) is 42.7 Å². The molecule has 0 spiro atoms. The summed E-state index contributed by atoms with van der Waals surface area (Å²) in [5.74, 6) is 0. The van der Waals surface area contributed by atoms with E-state index in [1.54, 1.807) is 4.90 Å². The number of nitrogens with zero attached hydrogens (tertiary/aromatic N) is 4. The second kappa shape index (κ2) is 8.45. The van der Waals surface area contributed by atoms with Crippen molar-refractivity contribution in [3.8, 4) is 0 Å². The number of hydrogen-bond donors (Lipinski definition) is 0. The van der Waals surface area contributed by atoms with Crippen molar-refractivity contribution in [2.75, 3.05) is 32.8 Å². The van der Waals surface area contributed by atoms with Crippen LogP contribution < -0.4 is 0 Å². The number of amides is 1. The quantitative estimate of drug-likeness (QED) is 0.819. The molecule has 2 aliphatic rings. The van der Waals surface area contributed by atoms with Gasteiger partial charge in [-0.2, -0.15) is 0 Å². The molecule has 0 bridgehead atoms. The SMILES string of the molecule is O=C(OCc1ccccc1)N1CCN2C[C@@H](Cc3cncnc3)OC[C@@H]2C1. The van der Waals surface area contributed by atoms with E-state index in [0.717, 1.165) is 30.6 Å². The van der Waals surface area contributed by atoms with E-state index >= 15 is 0 Å². The van der Waals surface area contributed by atoms with Gasteiger partial charge >= 0.3 is 6.09 Å². The Balaban J connectivity index is 1.25. The third-order valence-corrected chi connectivity index (χ3v) is 5.11. The molecule has 3 heterocycles. The topological polar surface area (TPSA) is 67.8 Å². The molecule has 1 amide bonds. The molecule has 0 unspecified atom stereocenters. The van der Waals surface area contributed by atoms with Crippen molar-refractivity contribution >= 4 is 6.09 Å². The molecule has 142 valence electrons. The van der Waals surface area contributed by atoms with Gasteiger partial charge in [0.2, 0.25) is 0 Å². The Hall–Kier alpha value is -2.51. The van der Waals surface area contributed by atoms with Gasteiger partial charge in [-0.05, 0) is 11.1 Å². The maximum atomic E-state index is 12.4. The number of fused-ring (bicyclic) bond motifs is 1. The Bertz CT molecular complexity index is 743. The second-order valence-corrected chi connectivity index (χ2v) is 7.04. The highest BCUT2D eigenvalue weighted by Gasteiger charge is 2.35. The third kappa shape index (κ3) is 4.61. The van der Waals surface area contributed by atoms with E-state index in [1.165, 1.54) is 6.33 Å². The Kier molecular flexibility index (Phi) is 5.60. The summed E-state index contributed by atoms with van der Waals surface area (Å²) in [7, 11) is 0.